The minimum absolute atomic E-state index is 0.00122. The van der Waals surface area contributed by atoms with Crippen LogP contribution < -0.4 is 5.32 Å². The maximum atomic E-state index is 11.9. The van der Waals surface area contributed by atoms with Gasteiger partial charge in [-0.1, -0.05) is 0 Å². The molecule has 0 spiro atoms. The number of hydrogen-bond acceptors (Lipinski definition) is 2. The number of carboxylic acid groups (broad SMARTS) is 1. The van der Waals surface area contributed by atoms with E-state index in [0.29, 0.717) is 5.56 Å². The summed E-state index contributed by atoms with van der Waals surface area (Å²) in [4.78, 5) is 21.7. The van der Waals surface area contributed by atoms with Crippen LogP contribution in [0.3, 0.4) is 0 Å². The Labute approximate surface area is 100 Å². The zero-order chi connectivity index (χ0) is 13.9. The number of benzene rings is 1. The van der Waals surface area contributed by atoms with E-state index in [0.717, 1.165) is 0 Å². The van der Waals surface area contributed by atoms with Gasteiger partial charge in [-0.3, -0.25) is 4.79 Å². The molecule has 18 heavy (non-hydrogen) atoms. The van der Waals surface area contributed by atoms with Gasteiger partial charge in [0.05, 0.1) is 5.56 Å². The molecule has 0 aliphatic rings. The highest BCUT2D eigenvalue weighted by atomic mass is 19.4. The molecule has 0 unspecified atom stereocenters. The lowest BCUT2D eigenvalue weighted by Gasteiger charge is -2.10. The molecule has 1 amide bonds. The number of carbonyl (C=O) groups is 2. The number of hydrogen-bond donors (Lipinski definition) is 2. The van der Waals surface area contributed by atoms with Gasteiger partial charge in [0.1, 0.15) is 6.42 Å². The van der Waals surface area contributed by atoms with Gasteiger partial charge in [-0.2, -0.15) is 13.2 Å². The van der Waals surface area contributed by atoms with Crippen molar-refractivity contribution in [2.75, 3.05) is 5.32 Å². The van der Waals surface area contributed by atoms with E-state index in [9.17, 15) is 22.8 Å². The summed E-state index contributed by atoms with van der Waals surface area (Å²) in [5.74, 6) is -2.33. The number of nitrogens with one attached hydrogen (secondary N) is 1. The number of anilines is 1. The van der Waals surface area contributed by atoms with Gasteiger partial charge in [0.25, 0.3) is 0 Å². The molecule has 0 aliphatic heterocycles. The maximum absolute atomic E-state index is 11.9. The fraction of sp³-hybridized carbons (Fsp3) is 0.273. The lowest BCUT2D eigenvalue weighted by atomic mass is 10.1. The van der Waals surface area contributed by atoms with Crippen molar-refractivity contribution in [1.29, 1.82) is 0 Å². The molecule has 7 heteroatoms. The summed E-state index contributed by atoms with van der Waals surface area (Å²) in [5, 5.41) is 10.8. The third-order valence-corrected chi connectivity index (χ3v) is 2.11. The minimum atomic E-state index is -4.57. The minimum Gasteiger partial charge on any atom is -0.478 e. The summed E-state index contributed by atoms with van der Waals surface area (Å²) in [7, 11) is 0. The molecule has 0 saturated carbocycles. The standard InChI is InChI=1S/C11H10F3NO3/c1-6-4-7(10(17)18)2-3-8(6)15-9(16)5-11(12,13)14/h2-4H,5H2,1H3,(H,15,16)(H,17,18). The Morgan fingerprint density at radius 1 is 1.33 bits per heavy atom. The third-order valence-electron chi connectivity index (χ3n) is 2.11. The average Bonchev–Trinajstić information content (AvgIpc) is 2.17. The van der Waals surface area contributed by atoms with Crippen LogP contribution in [0.4, 0.5) is 18.9 Å². The zero-order valence-corrected chi connectivity index (χ0v) is 9.34. The zero-order valence-electron chi connectivity index (χ0n) is 9.34. The molecule has 4 nitrogen and oxygen atoms in total. The second-order valence-electron chi connectivity index (χ2n) is 3.67. The predicted octanol–water partition coefficient (Wildman–Crippen LogP) is 2.58. The number of aryl methyl sites for hydroxylation is 1. The Hall–Kier alpha value is -2.05. The number of amides is 1. The molecule has 0 atom stereocenters. The van der Waals surface area contributed by atoms with Crippen molar-refractivity contribution < 1.29 is 27.9 Å². The Morgan fingerprint density at radius 2 is 1.94 bits per heavy atom. The molecule has 98 valence electrons. The third kappa shape index (κ3) is 4.08. The predicted molar refractivity (Wildman–Crippen MR) is 57.4 cm³/mol. The van der Waals surface area contributed by atoms with E-state index >= 15 is 0 Å². The van der Waals surface area contributed by atoms with Crippen LogP contribution in [-0.4, -0.2) is 23.2 Å². The van der Waals surface area contributed by atoms with Gasteiger partial charge in [-0.05, 0) is 30.7 Å². The Morgan fingerprint density at radius 3 is 2.39 bits per heavy atom. The van der Waals surface area contributed by atoms with Gasteiger partial charge >= 0.3 is 12.1 Å². The van der Waals surface area contributed by atoms with E-state index in [1.165, 1.54) is 25.1 Å². The number of alkyl halides is 3. The Balaban J connectivity index is 2.80. The van der Waals surface area contributed by atoms with Crippen molar-refractivity contribution in [3.05, 3.63) is 29.3 Å². The molecule has 0 heterocycles. The number of rotatable bonds is 3. The summed E-state index contributed by atoms with van der Waals surface area (Å²) < 4.78 is 35.8. The molecular weight excluding hydrogens is 251 g/mol. The van der Waals surface area contributed by atoms with Crippen molar-refractivity contribution >= 4 is 17.6 Å². The van der Waals surface area contributed by atoms with Crippen molar-refractivity contribution in [3.8, 4) is 0 Å². The van der Waals surface area contributed by atoms with Gasteiger partial charge in [0.15, 0.2) is 0 Å². The van der Waals surface area contributed by atoms with Crippen molar-refractivity contribution in [2.24, 2.45) is 0 Å². The molecule has 0 aliphatic carbocycles. The molecule has 0 aromatic heterocycles. The Kier molecular flexibility index (Phi) is 3.95. The highest BCUT2D eigenvalue weighted by Gasteiger charge is 2.31. The van der Waals surface area contributed by atoms with Crippen LogP contribution in [0.25, 0.3) is 0 Å². The second kappa shape index (κ2) is 5.07. The van der Waals surface area contributed by atoms with Crippen molar-refractivity contribution in [3.63, 3.8) is 0 Å². The normalized spacial score (nSPS) is 11.1. The fourth-order valence-corrected chi connectivity index (χ4v) is 1.31. The second-order valence-corrected chi connectivity index (χ2v) is 3.67. The number of aromatic carboxylic acids is 1. The van der Waals surface area contributed by atoms with Crippen LogP contribution in [0.2, 0.25) is 0 Å². The van der Waals surface area contributed by atoms with Crippen LogP contribution in [0, 0.1) is 6.92 Å². The van der Waals surface area contributed by atoms with Crippen LogP contribution in [0.1, 0.15) is 22.3 Å². The summed E-state index contributed by atoms with van der Waals surface area (Å²) in [5.41, 5.74) is 0.543. The van der Waals surface area contributed by atoms with Gasteiger partial charge in [0.2, 0.25) is 5.91 Å². The summed E-state index contributed by atoms with van der Waals surface area (Å²) >= 11 is 0. The number of carbonyl (C=O) groups excluding carboxylic acids is 1. The van der Waals surface area contributed by atoms with Crippen LogP contribution in [0.5, 0.6) is 0 Å². The molecule has 2 N–H and O–H groups in total. The highest BCUT2D eigenvalue weighted by Crippen LogP contribution is 2.22. The quantitative estimate of drug-likeness (QED) is 0.878. The molecule has 0 saturated heterocycles. The number of carboxylic acids is 1. The molecule has 1 aromatic rings. The topological polar surface area (TPSA) is 66.4 Å². The smallest absolute Gasteiger partial charge is 0.397 e. The van der Waals surface area contributed by atoms with Crippen LogP contribution in [0.15, 0.2) is 18.2 Å². The van der Waals surface area contributed by atoms with E-state index in [4.69, 9.17) is 5.11 Å². The molecule has 1 rings (SSSR count). The highest BCUT2D eigenvalue weighted by molar-refractivity contribution is 5.93. The van der Waals surface area contributed by atoms with Gasteiger partial charge in [-0.15, -0.1) is 0 Å². The Bertz CT molecular complexity index is 483. The van der Waals surface area contributed by atoms with Crippen LogP contribution in [-0.2, 0) is 4.79 Å². The average molecular weight is 261 g/mol. The first-order chi connectivity index (χ1) is 8.19. The number of halogens is 3. The summed E-state index contributed by atoms with van der Waals surface area (Å²) in [6.45, 7) is 1.50. The molecule has 0 bridgehead atoms. The van der Waals surface area contributed by atoms with E-state index < -0.39 is 24.5 Å². The first-order valence-corrected chi connectivity index (χ1v) is 4.89. The summed E-state index contributed by atoms with van der Waals surface area (Å²) in [6, 6.07) is 3.73. The van der Waals surface area contributed by atoms with Gasteiger partial charge in [0, 0.05) is 5.69 Å². The lowest BCUT2D eigenvalue weighted by Crippen LogP contribution is -2.21. The van der Waals surface area contributed by atoms with Gasteiger partial charge < -0.3 is 10.4 Å². The largest absolute Gasteiger partial charge is 0.478 e. The van der Waals surface area contributed by atoms with E-state index in [2.05, 4.69) is 5.32 Å². The van der Waals surface area contributed by atoms with Gasteiger partial charge in [-0.25, -0.2) is 4.79 Å². The fourth-order valence-electron chi connectivity index (χ4n) is 1.31. The van der Waals surface area contributed by atoms with Crippen LogP contribution >= 0.6 is 0 Å². The van der Waals surface area contributed by atoms with E-state index in [-0.39, 0.29) is 11.3 Å². The van der Waals surface area contributed by atoms with Crippen molar-refractivity contribution in [2.45, 2.75) is 19.5 Å². The molecule has 0 fully saturated rings. The first-order valence-electron chi connectivity index (χ1n) is 4.89. The van der Waals surface area contributed by atoms with Crippen molar-refractivity contribution in [1.82, 2.24) is 0 Å². The molecular formula is C11H10F3NO3. The monoisotopic (exact) mass is 261 g/mol. The lowest BCUT2D eigenvalue weighted by molar-refractivity contribution is -0.150. The molecule has 0 radical (unpaired) electrons. The SMILES string of the molecule is Cc1cc(C(=O)O)ccc1NC(=O)CC(F)(F)F. The molecule has 1 aromatic carbocycles. The first kappa shape index (κ1) is 14.0. The summed E-state index contributed by atoms with van der Waals surface area (Å²) in [6.07, 6.45) is -6.15. The van der Waals surface area contributed by atoms with E-state index in [1.807, 2.05) is 0 Å². The maximum Gasteiger partial charge on any atom is 0.397 e. The van der Waals surface area contributed by atoms with E-state index in [1.54, 1.807) is 0 Å².